The van der Waals surface area contributed by atoms with Gasteiger partial charge in [-0.15, -0.1) is 0 Å². The highest BCUT2D eigenvalue weighted by molar-refractivity contribution is 5.47. The van der Waals surface area contributed by atoms with Crippen molar-refractivity contribution in [2.24, 2.45) is 0 Å². The molecular formula is C17H19NO. The molecule has 2 aromatic carbocycles. The SMILES string of the molecule is CCOC1c2ccccc2CC1Nc1ccccc1. The van der Waals surface area contributed by atoms with Crippen LogP contribution in [0.25, 0.3) is 0 Å². The van der Waals surface area contributed by atoms with Gasteiger partial charge in [0.1, 0.15) is 6.10 Å². The first-order valence-electron chi connectivity index (χ1n) is 6.89. The zero-order valence-corrected chi connectivity index (χ0v) is 11.2. The highest BCUT2D eigenvalue weighted by Gasteiger charge is 2.32. The molecule has 98 valence electrons. The normalized spacial score (nSPS) is 21.1. The molecule has 2 aromatic rings. The van der Waals surface area contributed by atoms with Crippen molar-refractivity contribution in [1.82, 2.24) is 0 Å². The van der Waals surface area contributed by atoms with Crippen LogP contribution in [0.5, 0.6) is 0 Å². The van der Waals surface area contributed by atoms with Gasteiger partial charge < -0.3 is 10.1 Å². The van der Waals surface area contributed by atoms with Crippen molar-refractivity contribution in [1.29, 1.82) is 0 Å². The fraction of sp³-hybridized carbons (Fsp3) is 0.294. The van der Waals surface area contributed by atoms with Crippen molar-refractivity contribution >= 4 is 5.69 Å². The molecule has 0 fully saturated rings. The second kappa shape index (κ2) is 5.45. The Morgan fingerprint density at radius 3 is 2.58 bits per heavy atom. The lowest BCUT2D eigenvalue weighted by Gasteiger charge is -2.22. The van der Waals surface area contributed by atoms with Crippen molar-refractivity contribution in [3.05, 3.63) is 65.7 Å². The summed E-state index contributed by atoms with van der Waals surface area (Å²) < 4.78 is 5.95. The van der Waals surface area contributed by atoms with Gasteiger partial charge in [-0.1, -0.05) is 42.5 Å². The van der Waals surface area contributed by atoms with Gasteiger partial charge in [0.15, 0.2) is 0 Å². The molecule has 1 aliphatic carbocycles. The molecule has 2 unspecified atom stereocenters. The zero-order chi connectivity index (χ0) is 13.1. The molecule has 0 aliphatic heterocycles. The van der Waals surface area contributed by atoms with Gasteiger partial charge in [0, 0.05) is 12.3 Å². The number of hydrogen-bond acceptors (Lipinski definition) is 2. The molecule has 1 N–H and O–H groups in total. The standard InChI is InChI=1S/C17H19NO/c1-2-19-17-15-11-7-6-8-13(15)12-16(17)18-14-9-4-3-5-10-14/h3-11,16-18H,2,12H2,1H3. The number of ether oxygens (including phenoxy) is 1. The van der Waals surface area contributed by atoms with Crippen LogP contribution in [0.3, 0.4) is 0 Å². The molecule has 2 atom stereocenters. The van der Waals surface area contributed by atoms with E-state index < -0.39 is 0 Å². The Hall–Kier alpha value is -1.80. The number of fused-ring (bicyclic) bond motifs is 1. The van der Waals surface area contributed by atoms with Crippen molar-refractivity contribution in [3.63, 3.8) is 0 Å². The van der Waals surface area contributed by atoms with Crippen LogP contribution < -0.4 is 5.32 Å². The summed E-state index contributed by atoms with van der Waals surface area (Å²) in [6.07, 6.45) is 1.18. The Kier molecular flexibility index (Phi) is 3.51. The Morgan fingerprint density at radius 1 is 1.05 bits per heavy atom. The predicted octanol–water partition coefficient (Wildman–Crippen LogP) is 3.80. The van der Waals surface area contributed by atoms with Crippen LogP contribution in [0.1, 0.15) is 24.2 Å². The van der Waals surface area contributed by atoms with E-state index in [1.54, 1.807) is 0 Å². The van der Waals surface area contributed by atoms with E-state index in [1.807, 2.05) is 6.07 Å². The van der Waals surface area contributed by atoms with Gasteiger partial charge in [-0.3, -0.25) is 0 Å². The fourth-order valence-corrected chi connectivity index (χ4v) is 2.82. The van der Waals surface area contributed by atoms with E-state index in [4.69, 9.17) is 4.74 Å². The average Bonchev–Trinajstić information content (AvgIpc) is 2.79. The Morgan fingerprint density at radius 2 is 1.79 bits per heavy atom. The van der Waals surface area contributed by atoms with Crippen LogP contribution >= 0.6 is 0 Å². The maximum atomic E-state index is 5.95. The monoisotopic (exact) mass is 253 g/mol. The number of benzene rings is 2. The van der Waals surface area contributed by atoms with E-state index in [-0.39, 0.29) is 6.10 Å². The lowest BCUT2D eigenvalue weighted by atomic mass is 10.1. The summed E-state index contributed by atoms with van der Waals surface area (Å²) in [7, 11) is 0. The lowest BCUT2D eigenvalue weighted by Crippen LogP contribution is -2.26. The minimum absolute atomic E-state index is 0.154. The summed E-state index contributed by atoms with van der Waals surface area (Å²) in [5.41, 5.74) is 3.89. The van der Waals surface area contributed by atoms with Crippen molar-refractivity contribution in [2.75, 3.05) is 11.9 Å². The molecule has 0 amide bonds. The first kappa shape index (κ1) is 12.2. The van der Waals surface area contributed by atoms with Crippen LogP contribution in [0.4, 0.5) is 5.69 Å². The molecule has 0 radical (unpaired) electrons. The molecule has 3 rings (SSSR count). The Balaban J connectivity index is 1.83. The molecule has 0 bridgehead atoms. The van der Waals surface area contributed by atoms with Gasteiger partial charge >= 0.3 is 0 Å². The third-order valence-corrected chi connectivity index (χ3v) is 3.64. The van der Waals surface area contributed by atoms with Crippen molar-refractivity contribution in [2.45, 2.75) is 25.5 Å². The van der Waals surface area contributed by atoms with E-state index in [2.05, 4.69) is 60.8 Å². The third-order valence-electron chi connectivity index (χ3n) is 3.64. The first-order chi connectivity index (χ1) is 9.38. The van der Waals surface area contributed by atoms with Gasteiger partial charge in [-0.05, 0) is 36.6 Å². The molecule has 0 heterocycles. The molecule has 2 nitrogen and oxygen atoms in total. The summed E-state index contributed by atoms with van der Waals surface area (Å²) in [5, 5.41) is 3.60. The van der Waals surface area contributed by atoms with Gasteiger partial charge in [-0.2, -0.15) is 0 Å². The second-order valence-corrected chi connectivity index (χ2v) is 4.90. The maximum Gasteiger partial charge on any atom is 0.103 e. The molecule has 0 saturated heterocycles. The molecule has 0 spiro atoms. The maximum absolute atomic E-state index is 5.95. The highest BCUT2D eigenvalue weighted by Crippen LogP contribution is 2.35. The largest absolute Gasteiger partial charge is 0.379 e. The number of rotatable bonds is 4. The van der Waals surface area contributed by atoms with Crippen LogP contribution in [0, 0.1) is 0 Å². The third kappa shape index (κ3) is 2.49. The van der Waals surface area contributed by atoms with Crippen molar-refractivity contribution < 1.29 is 4.74 Å². The van der Waals surface area contributed by atoms with Crippen molar-refractivity contribution in [3.8, 4) is 0 Å². The van der Waals surface area contributed by atoms with Gasteiger partial charge in [-0.25, -0.2) is 0 Å². The molecule has 2 heteroatoms. The summed E-state index contributed by atoms with van der Waals surface area (Å²) in [6, 6.07) is 19.3. The minimum Gasteiger partial charge on any atom is -0.379 e. The van der Waals surface area contributed by atoms with Crippen LogP contribution in [-0.4, -0.2) is 12.6 Å². The zero-order valence-electron chi connectivity index (χ0n) is 11.2. The Bertz CT molecular complexity index is 538. The van der Waals surface area contributed by atoms with Crippen LogP contribution in [0.2, 0.25) is 0 Å². The van der Waals surface area contributed by atoms with Gasteiger partial charge in [0.2, 0.25) is 0 Å². The molecule has 0 saturated carbocycles. The fourth-order valence-electron chi connectivity index (χ4n) is 2.82. The molecular weight excluding hydrogens is 234 g/mol. The van der Waals surface area contributed by atoms with Crippen LogP contribution in [-0.2, 0) is 11.2 Å². The van der Waals surface area contributed by atoms with E-state index in [0.717, 1.165) is 18.7 Å². The van der Waals surface area contributed by atoms with E-state index in [1.165, 1.54) is 11.1 Å². The van der Waals surface area contributed by atoms with E-state index in [9.17, 15) is 0 Å². The second-order valence-electron chi connectivity index (χ2n) is 4.90. The summed E-state index contributed by atoms with van der Waals surface area (Å²) in [6.45, 7) is 2.80. The van der Waals surface area contributed by atoms with Crippen LogP contribution in [0.15, 0.2) is 54.6 Å². The van der Waals surface area contributed by atoms with Gasteiger partial charge in [0.05, 0.1) is 6.04 Å². The molecule has 1 aliphatic rings. The molecule has 19 heavy (non-hydrogen) atoms. The number of nitrogens with one attached hydrogen (secondary N) is 1. The summed E-state index contributed by atoms with van der Waals surface area (Å²) >= 11 is 0. The molecule has 0 aromatic heterocycles. The minimum atomic E-state index is 0.154. The smallest absolute Gasteiger partial charge is 0.103 e. The Labute approximate surface area is 114 Å². The van der Waals surface area contributed by atoms with Gasteiger partial charge in [0.25, 0.3) is 0 Å². The predicted molar refractivity (Wildman–Crippen MR) is 78.4 cm³/mol. The first-order valence-corrected chi connectivity index (χ1v) is 6.89. The topological polar surface area (TPSA) is 21.3 Å². The number of hydrogen-bond donors (Lipinski definition) is 1. The number of anilines is 1. The average molecular weight is 253 g/mol. The quantitative estimate of drug-likeness (QED) is 0.894. The number of para-hydroxylation sites is 1. The van der Waals surface area contributed by atoms with E-state index in [0.29, 0.717) is 6.04 Å². The lowest BCUT2D eigenvalue weighted by molar-refractivity contribution is 0.0564. The summed E-state index contributed by atoms with van der Waals surface area (Å²) in [4.78, 5) is 0. The summed E-state index contributed by atoms with van der Waals surface area (Å²) in [5.74, 6) is 0. The van der Waals surface area contributed by atoms with E-state index >= 15 is 0 Å². The highest BCUT2D eigenvalue weighted by atomic mass is 16.5.